The summed E-state index contributed by atoms with van der Waals surface area (Å²) in [5.41, 5.74) is 1.72. The van der Waals surface area contributed by atoms with Crippen LogP contribution in [0.4, 0.5) is 8.78 Å². The first-order chi connectivity index (χ1) is 10.1. The fraction of sp³-hybridized carbons (Fsp3) is 0.333. The van der Waals surface area contributed by atoms with Gasteiger partial charge in [-0.25, -0.2) is 13.8 Å². The summed E-state index contributed by atoms with van der Waals surface area (Å²) < 4.78 is 31.8. The van der Waals surface area contributed by atoms with Crippen LogP contribution in [-0.2, 0) is 6.54 Å². The van der Waals surface area contributed by atoms with Crippen molar-refractivity contribution in [2.24, 2.45) is 0 Å². The molecule has 0 bridgehead atoms. The standard InChI is InChI=1S/C15H15F2N3O/c1-9-10(7-18-12-3-4-12)8-19-15(20-9)21-14-6-11(16)2-5-13(14)17/h2,5-6,8,12,18H,3-4,7H2,1H3. The first-order valence-electron chi connectivity index (χ1n) is 6.80. The predicted octanol–water partition coefficient (Wildman–Crippen LogP) is 3.11. The van der Waals surface area contributed by atoms with Crippen molar-refractivity contribution in [1.82, 2.24) is 15.3 Å². The van der Waals surface area contributed by atoms with Gasteiger partial charge in [0.2, 0.25) is 0 Å². The van der Waals surface area contributed by atoms with Gasteiger partial charge in [0.1, 0.15) is 5.82 Å². The summed E-state index contributed by atoms with van der Waals surface area (Å²) in [6.45, 7) is 2.53. The monoisotopic (exact) mass is 291 g/mol. The number of halogens is 2. The van der Waals surface area contributed by atoms with Crippen LogP contribution in [0.25, 0.3) is 0 Å². The summed E-state index contributed by atoms with van der Waals surface area (Å²) in [5.74, 6) is -1.45. The van der Waals surface area contributed by atoms with E-state index in [0.29, 0.717) is 12.6 Å². The van der Waals surface area contributed by atoms with Gasteiger partial charge >= 0.3 is 6.01 Å². The molecule has 1 aromatic heterocycles. The van der Waals surface area contributed by atoms with E-state index in [1.165, 1.54) is 12.8 Å². The number of nitrogens with one attached hydrogen (secondary N) is 1. The van der Waals surface area contributed by atoms with Crippen molar-refractivity contribution in [3.63, 3.8) is 0 Å². The number of benzene rings is 1. The number of aryl methyl sites for hydroxylation is 1. The van der Waals surface area contributed by atoms with Gasteiger partial charge in [-0.3, -0.25) is 0 Å². The maximum absolute atomic E-state index is 13.5. The second kappa shape index (κ2) is 5.73. The van der Waals surface area contributed by atoms with E-state index in [-0.39, 0.29) is 11.8 Å². The zero-order valence-corrected chi connectivity index (χ0v) is 11.6. The van der Waals surface area contributed by atoms with Crippen molar-refractivity contribution >= 4 is 0 Å². The van der Waals surface area contributed by atoms with Crippen LogP contribution in [-0.4, -0.2) is 16.0 Å². The van der Waals surface area contributed by atoms with Crippen LogP contribution >= 0.6 is 0 Å². The Morgan fingerprint density at radius 1 is 1.33 bits per heavy atom. The summed E-state index contributed by atoms with van der Waals surface area (Å²) in [6, 6.07) is 3.61. The fourth-order valence-electron chi connectivity index (χ4n) is 1.89. The number of hydrogen-bond acceptors (Lipinski definition) is 4. The molecule has 6 heteroatoms. The third-order valence-electron chi connectivity index (χ3n) is 3.31. The molecule has 1 aliphatic carbocycles. The Hall–Kier alpha value is -2.08. The van der Waals surface area contributed by atoms with Gasteiger partial charge < -0.3 is 10.1 Å². The highest BCUT2D eigenvalue weighted by molar-refractivity contribution is 5.28. The minimum atomic E-state index is -0.655. The van der Waals surface area contributed by atoms with Crippen LogP contribution in [0.2, 0.25) is 0 Å². The van der Waals surface area contributed by atoms with E-state index >= 15 is 0 Å². The molecule has 1 heterocycles. The minimum Gasteiger partial charge on any atom is -0.421 e. The average Bonchev–Trinajstić information content (AvgIpc) is 3.26. The molecule has 0 radical (unpaired) electrons. The van der Waals surface area contributed by atoms with Crippen molar-refractivity contribution in [1.29, 1.82) is 0 Å². The molecular formula is C15H15F2N3O. The van der Waals surface area contributed by atoms with Gasteiger partial charge in [0.15, 0.2) is 11.6 Å². The average molecular weight is 291 g/mol. The van der Waals surface area contributed by atoms with Crippen molar-refractivity contribution < 1.29 is 13.5 Å². The Morgan fingerprint density at radius 2 is 2.14 bits per heavy atom. The van der Waals surface area contributed by atoms with Gasteiger partial charge in [-0.05, 0) is 31.9 Å². The Balaban J connectivity index is 1.73. The molecule has 1 N–H and O–H groups in total. The molecule has 0 spiro atoms. The number of ether oxygens (including phenoxy) is 1. The quantitative estimate of drug-likeness (QED) is 0.919. The van der Waals surface area contributed by atoms with E-state index in [4.69, 9.17) is 4.74 Å². The largest absolute Gasteiger partial charge is 0.421 e. The summed E-state index contributed by atoms with van der Waals surface area (Å²) >= 11 is 0. The van der Waals surface area contributed by atoms with Crippen LogP contribution in [0, 0.1) is 18.6 Å². The summed E-state index contributed by atoms with van der Waals surface area (Å²) in [7, 11) is 0. The fourth-order valence-corrected chi connectivity index (χ4v) is 1.89. The molecule has 0 atom stereocenters. The second-order valence-corrected chi connectivity index (χ2v) is 5.10. The highest BCUT2D eigenvalue weighted by atomic mass is 19.1. The van der Waals surface area contributed by atoms with Crippen molar-refractivity contribution in [3.05, 3.63) is 47.3 Å². The highest BCUT2D eigenvalue weighted by Crippen LogP contribution is 2.24. The lowest BCUT2D eigenvalue weighted by molar-refractivity contribution is 0.405. The zero-order chi connectivity index (χ0) is 14.8. The lowest BCUT2D eigenvalue weighted by atomic mass is 10.2. The second-order valence-electron chi connectivity index (χ2n) is 5.10. The molecule has 1 aliphatic rings. The first kappa shape index (κ1) is 13.9. The van der Waals surface area contributed by atoms with E-state index in [1.54, 1.807) is 6.20 Å². The van der Waals surface area contributed by atoms with Gasteiger partial charge in [0, 0.05) is 36.1 Å². The Morgan fingerprint density at radius 3 is 2.86 bits per heavy atom. The lowest BCUT2D eigenvalue weighted by Crippen LogP contribution is -2.16. The lowest BCUT2D eigenvalue weighted by Gasteiger charge is -2.09. The smallest absolute Gasteiger partial charge is 0.322 e. The number of rotatable bonds is 5. The molecule has 1 aromatic carbocycles. The molecule has 0 amide bonds. The van der Waals surface area contributed by atoms with E-state index in [1.807, 2.05) is 6.92 Å². The van der Waals surface area contributed by atoms with Gasteiger partial charge in [0.05, 0.1) is 0 Å². The van der Waals surface area contributed by atoms with E-state index < -0.39 is 11.6 Å². The SMILES string of the molecule is Cc1nc(Oc2cc(F)ccc2F)ncc1CNC1CC1. The number of nitrogens with zero attached hydrogens (tertiary/aromatic N) is 2. The van der Waals surface area contributed by atoms with Gasteiger partial charge in [-0.1, -0.05) is 0 Å². The molecule has 0 aliphatic heterocycles. The van der Waals surface area contributed by atoms with E-state index in [0.717, 1.165) is 29.5 Å². The van der Waals surface area contributed by atoms with E-state index in [9.17, 15) is 8.78 Å². The molecule has 0 unspecified atom stereocenters. The minimum absolute atomic E-state index is 0.00664. The predicted molar refractivity (Wildman–Crippen MR) is 73.1 cm³/mol. The molecule has 2 aromatic rings. The third-order valence-corrected chi connectivity index (χ3v) is 3.31. The van der Waals surface area contributed by atoms with Crippen molar-refractivity contribution in [3.8, 4) is 11.8 Å². The van der Waals surface area contributed by atoms with E-state index in [2.05, 4.69) is 15.3 Å². The summed E-state index contributed by atoms with van der Waals surface area (Å²) in [4.78, 5) is 8.22. The van der Waals surface area contributed by atoms with Gasteiger partial charge in [0.25, 0.3) is 0 Å². The highest BCUT2D eigenvalue weighted by Gasteiger charge is 2.20. The molecule has 1 saturated carbocycles. The Labute approximate surface area is 121 Å². The number of aromatic nitrogens is 2. The Bertz CT molecular complexity index is 659. The molecule has 0 saturated heterocycles. The van der Waals surface area contributed by atoms with Crippen molar-refractivity contribution in [2.75, 3.05) is 0 Å². The maximum atomic E-state index is 13.5. The topological polar surface area (TPSA) is 47.0 Å². The Kier molecular flexibility index (Phi) is 3.79. The molecular weight excluding hydrogens is 276 g/mol. The molecule has 21 heavy (non-hydrogen) atoms. The van der Waals surface area contributed by atoms with Gasteiger partial charge in [-0.2, -0.15) is 4.98 Å². The maximum Gasteiger partial charge on any atom is 0.322 e. The third kappa shape index (κ3) is 3.52. The number of hydrogen-bond donors (Lipinski definition) is 1. The zero-order valence-electron chi connectivity index (χ0n) is 11.6. The van der Waals surface area contributed by atoms with Gasteiger partial charge in [-0.15, -0.1) is 0 Å². The van der Waals surface area contributed by atoms with Crippen LogP contribution in [0.5, 0.6) is 11.8 Å². The van der Waals surface area contributed by atoms with Crippen LogP contribution in [0.3, 0.4) is 0 Å². The first-order valence-corrected chi connectivity index (χ1v) is 6.80. The molecule has 110 valence electrons. The molecule has 4 nitrogen and oxygen atoms in total. The summed E-state index contributed by atoms with van der Waals surface area (Å²) in [6.07, 6.45) is 4.06. The molecule has 3 rings (SSSR count). The molecule has 1 fully saturated rings. The normalized spacial score (nSPS) is 14.2. The summed E-state index contributed by atoms with van der Waals surface area (Å²) in [5, 5.41) is 3.37. The van der Waals surface area contributed by atoms with Crippen LogP contribution in [0.15, 0.2) is 24.4 Å². The van der Waals surface area contributed by atoms with Crippen LogP contribution < -0.4 is 10.1 Å². The van der Waals surface area contributed by atoms with Crippen LogP contribution in [0.1, 0.15) is 24.1 Å². The van der Waals surface area contributed by atoms with Crippen molar-refractivity contribution in [2.45, 2.75) is 32.4 Å².